The number of carbonyl (C=O) groups excluding carboxylic acids is 2. The number of nitrogens with one attached hydrogen (secondary N) is 2. The molecule has 7 heteroatoms. The van der Waals surface area contributed by atoms with Crippen LogP contribution in [-0.2, 0) is 4.79 Å². The maximum Gasteiger partial charge on any atom is 0.319 e. The van der Waals surface area contributed by atoms with Gasteiger partial charge in [-0.05, 0) is 25.1 Å². The highest BCUT2D eigenvalue weighted by Crippen LogP contribution is 2.25. The van der Waals surface area contributed by atoms with Gasteiger partial charge < -0.3 is 20.5 Å². The van der Waals surface area contributed by atoms with Gasteiger partial charge in [0.25, 0.3) is 0 Å². The second-order valence-electron chi connectivity index (χ2n) is 3.26. The molecule has 0 aliphatic heterocycles. The highest BCUT2D eigenvalue weighted by atomic mass is 35.5. The van der Waals surface area contributed by atoms with Gasteiger partial charge in [0, 0.05) is 5.02 Å². The Hall–Kier alpha value is -1.46. The zero-order chi connectivity index (χ0) is 13.0. The minimum Gasteiger partial charge on any atom is -0.548 e. The summed E-state index contributed by atoms with van der Waals surface area (Å²) in [7, 11) is 0. The monoisotopic (exact) mass is 275 g/mol. The van der Waals surface area contributed by atoms with Crippen LogP contribution in [-0.4, -0.2) is 18.0 Å². The molecule has 0 saturated heterocycles. The number of hydrogen-bond donors (Lipinski definition) is 2. The number of carboxylic acids is 1. The molecule has 0 aliphatic carbocycles. The van der Waals surface area contributed by atoms with Crippen molar-refractivity contribution >= 4 is 40.9 Å². The minimum atomic E-state index is -1.38. The van der Waals surface area contributed by atoms with E-state index in [9.17, 15) is 14.7 Å². The molecule has 0 saturated carbocycles. The van der Waals surface area contributed by atoms with E-state index in [1.165, 1.54) is 19.1 Å². The van der Waals surface area contributed by atoms with Crippen LogP contribution in [0.5, 0.6) is 0 Å². The smallest absolute Gasteiger partial charge is 0.319 e. The molecule has 0 bridgehead atoms. The average Bonchev–Trinajstić information content (AvgIpc) is 2.23. The van der Waals surface area contributed by atoms with Crippen LogP contribution in [0.15, 0.2) is 18.2 Å². The summed E-state index contributed by atoms with van der Waals surface area (Å²) in [4.78, 5) is 21.8. The number of amides is 2. The summed E-state index contributed by atoms with van der Waals surface area (Å²) >= 11 is 11.5. The molecule has 0 aromatic heterocycles. The molecule has 1 aromatic carbocycles. The lowest BCUT2D eigenvalue weighted by Gasteiger charge is -2.15. The van der Waals surface area contributed by atoms with E-state index >= 15 is 0 Å². The van der Waals surface area contributed by atoms with Crippen molar-refractivity contribution in [1.82, 2.24) is 5.32 Å². The number of carbonyl (C=O) groups is 2. The van der Waals surface area contributed by atoms with Crippen molar-refractivity contribution in [3.05, 3.63) is 28.2 Å². The molecule has 0 spiro atoms. The molecule has 0 fully saturated rings. The Morgan fingerprint density at radius 1 is 1.35 bits per heavy atom. The van der Waals surface area contributed by atoms with Crippen LogP contribution >= 0.6 is 23.2 Å². The Bertz CT molecular complexity index is 451. The van der Waals surface area contributed by atoms with Crippen molar-refractivity contribution in [1.29, 1.82) is 0 Å². The number of aliphatic carboxylic acids is 1. The van der Waals surface area contributed by atoms with Crippen molar-refractivity contribution in [2.75, 3.05) is 5.32 Å². The van der Waals surface area contributed by atoms with Gasteiger partial charge in [-0.2, -0.15) is 0 Å². The van der Waals surface area contributed by atoms with Crippen molar-refractivity contribution in [2.24, 2.45) is 0 Å². The van der Waals surface area contributed by atoms with Crippen LogP contribution in [0.1, 0.15) is 6.92 Å². The maximum absolute atomic E-state index is 11.4. The maximum atomic E-state index is 11.4. The Balaban J connectivity index is 2.68. The highest BCUT2D eigenvalue weighted by molar-refractivity contribution is 6.35. The van der Waals surface area contributed by atoms with Gasteiger partial charge in [0.2, 0.25) is 0 Å². The first kappa shape index (κ1) is 13.6. The fourth-order valence-electron chi connectivity index (χ4n) is 1.01. The van der Waals surface area contributed by atoms with Crippen LogP contribution in [0.25, 0.3) is 0 Å². The van der Waals surface area contributed by atoms with Gasteiger partial charge in [0.15, 0.2) is 0 Å². The van der Waals surface area contributed by atoms with Crippen LogP contribution in [0.4, 0.5) is 10.5 Å². The lowest BCUT2D eigenvalue weighted by atomic mass is 10.3. The number of hydrogen-bond acceptors (Lipinski definition) is 3. The number of halogens is 2. The topological polar surface area (TPSA) is 81.3 Å². The molecular formula is C10H9Cl2N2O3-. The first-order valence-electron chi connectivity index (χ1n) is 4.63. The molecule has 1 aromatic rings. The molecule has 1 rings (SSSR count). The largest absolute Gasteiger partial charge is 0.548 e. The van der Waals surface area contributed by atoms with Gasteiger partial charge >= 0.3 is 6.03 Å². The van der Waals surface area contributed by atoms with Crippen LogP contribution in [0, 0.1) is 0 Å². The number of rotatable bonds is 3. The third-order valence-electron chi connectivity index (χ3n) is 1.88. The van der Waals surface area contributed by atoms with E-state index in [4.69, 9.17) is 23.2 Å². The number of benzene rings is 1. The quantitative estimate of drug-likeness (QED) is 0.871. The lowest BCUT2D eigenvalue weighted by Crippen LogP contribution is -2.47. The molecular weight excluding hydrogens is 267 g/mol. The van der Waals surface area contributed by atoms with Crippen molar-refractivity contribution < 1.29 is 14.7 Å². The summed E-state index contributed by atoms with van der Waals surface area (Å²) in [6, 6.07) is 2.73. The predicted molar refractivity (Wildman–Crippen MR) is 63.1 cm³/mol. The fraction of sp³-hybridized carbons (Fsp3) is 0.200. The summed E-state index contributed by atoms with van der Waals surface area (Å²) in [6.07, 6.45) is 0. The van der Waals surface area contributed by atoms with Gasteiger partial charge in [-0.25, -0.2) is 4.79 Å². The fourth-order valence-corrected chi connectivity index (χ4v) is 1.34. The number of anilines is 1. The molecule has 0 radical (unpaired) electrons. The third-order valence-corrected chi connectivity index (χ3v) is 2.44. The van der Waals surface area contributed by atoms with E-state index in [0.717, 1.165) is 0 Å². The normalized spacial score (nSPS) is 11.7. The van der Waals surface area contributed by atoms with E-state index in [1.807, 2.05) is 0 Å². The first-order valence-corrected chi connectivity index (χ1v) is 5.39. The number of carboxylic acid groups (broad SMARTS) is 1. The predicted octanol–water partition coefficient (Wildman–Crippen LogP) is 1.25. The van der Waals surface area contributed by atoms with Gasteiger partial charge in [0.1, 0.15) is 0 Å². The van der Waals surface area contributed by atoms with Gasteiger partial charge in [-0.15, -0.1) is 0 Å². The summed E-state index contributed by atoms with van der Waals surface area (Å²) in [5.74, 6) is -1.38. The van der Waals surface area contributed by atoms with Crippen molar-refractivity contribution in [3.8, 4) is 0 Å². The lowest BCUT2D eigenvalue weighted by molar-refractivity contribution is -0.307. The molecule has 92 valence electrons. The minimum absolute atomic E-state index is 0.294. The van der Waals surface area contributed by atoms with Crippen LogP contribution in [0.3, 0.4) is 0 Å². The summed E-state index contributed by atoms with van der Waals surface area (Å²) in [6.45, 7) is 1.29. The van der Waals surface area contributed by atoms with Crippen LogP contribution < -0.4 is 15.7 Å². The van der Waals surface area contributed by atoms with Crippen molar-refractivity contribution in [2.45, 2.75) is 13.0 Å². The third kappa shape index (κ3) is 4.13. The van der Waals surface area contributed by atoms with Gasteiger partial charge in [0.05, 0.1) is 22.7 Å². The summed E-state index contributed by atoms with van der Waals surface area (Å²) in [5, 5.41) is 15.6. The molecule has 2 amide bonds. The Kier molecular flexibility index (Phi) is 4.60. The van der Waals surface area contributed by atoms with Gasteiger partial charge in [-0.1, -0.05) is 23.2 Å². The molecule has 0 heterocycles. The zero-order valence-corrected chi connectivity index (χ0v) is 10.3. The Morgan fingerprint density at radius 2 is 2.00 bits per heavy atom. The second kappa shape index (κ2) is 5.75. The first-order chi connectivity index (χ1) is 7.90. The molecule has 5 nitrogen and oxygen atoms in total. The second-order valence-corrected chi connectivity index (χ2v) is 4.11. The SMILES string of the molecule is C[C@@H](NC(=O)Nc1cc(Cl)ccc1Cl)C(=O)[O-]. The molecule has 17 heavy (non-hydrogen) atoms. The van der Waals surface area contributed by atoms with E-state index in [1.54, 1.807) is 6.07 Å². The number of urea groups is 1. The summed E-state index contributed by atoms with van der Waals surface area (Å²) < 4.78 is 0. The Morgan fingerprint density at radius 3 is 2.59 bits per heavy atom. The zero-order valence-electron chi connectivity index (χ0n) is 8.79. The summed E-state index contributed by atoms with van der Waals surface area (Å²) in [5.41, 5.74) is 0.294. The van der Waals surface area contributed by atoms with Crippen molar-refractivity contribution in [3.63, 3.8) is 0 Å². The molecule has 1 atom stereocenters. The molecule has 0 aliphatic rings. The molecule has 0 unspecified atom stereocenters. The van der Waals surface area contributed by atoms with Crippen LogP contribution in [0.2, 0.25) is 10.0 Å². The van der Waals surface area contributed by atoms with E-state index in [0.29, 0.717) is 15.7 Å². The van der Waals surface area contributed by atoms with Gasteiger partial charge in [-0.3, -0.25) is 0 Å². The van der Waals surface area contributed by atoms with E-state index in [-0.39, 0.29) is 0 Å². The Labute approximate surface area is 108 Å². The van der Waals surface area contributed by atoms with E-state index in [2.05, 4.69) is 10.6 Å². The highest BCUT2D eigenvalue weighted by Gasteiger charge is 2.09. The standard InChI is InChI=1S/C10H10Cl2N2O3/c1-5(9(15)16)13-10(17)14-8-4-6(11)2-3-7(8)12/h2-5H,1H3,(H,15,16)(H2,13,14,17)/p-1/t5-/m1/s1. The molecule has 2 N–H and O–H groups in total. The van der Waals surface area contributed by atoms with E-state index < -0.39 is 18.0 Å². The average molecular weight is 276 g/mol.